The Morgan fingerprint density at radius 1 is 1.44 bits per heavy atom. The average Bonchev–Trinajstić information content (AvgIpc) is 2.65. The zero-order valence-electron chi connectivity index (χ0n) is 8.81. The Kier molecular flexibility index (Phi) is 3.55. The zero-order valence-corrected chi connectivity index (χ0v) is 11.0. The van der Waals surface area contributed by atoms with Crippen LogP contribution >= 0.6 is 22.6 Å². The molecule has 1 heterocycles. The highest BCUT2D eigenvalue weighted by Gasteiger charge is 2.19. The molecule has 5 nitrogen and oxygen atoms in total. The number of nitrogens with zero attached hydrogens (tertiary/aromatic N) is 3. The predicted molar refractivity (Wildman–Crippen MR) is 67.1 cm³/mol. The van der Waals surface area contributed by atoms with Crippen LogP contribution < -0.4 is 0 Å². The minimum atomic E-state index is -0.625. The van der Waals surface area contributed by atoms with Crippen molar-refractivity contribution in [2.45, 2.75) is 6.54 Å². The summed E-state index contributed by atoms with van der Waals surface area (Å²) in [7, 11) is 0. The fraction of sp³-hybridized carbons (Fsp3) is 0.100. The molecule has 0 fully saturated rings. The molecule has 0 spiro atoms. The second-order valence-electron chi connectivity index (χ2n) is 3.49. The first-order valence-corrected chi connectivity index (χ1v) is 5.86. The lowest BCUT2D eigenvalue weighted by Crippen LogP contribution is -2.03. The Hall–Kier alpha value is -1.58. The SMILES string of the molecule is O=[N+]([O-])c1nn(Cc2cc(F)ccc2F)cc1I. The van der Waals surface area contributed by atoms with Gasteiger partial charge in [-0.2, -0.15) is 4.68 Å². The van der Waals surface area contributed by atoms with E-state index in [1.165, 1.54) is 10.9 Å². The first kappa shape index (κ1) is 12.9. The molecule has 0 atom stereocenters. The Bertz CT molecular complexity index is 615. The summed E-state index contributed by atoms with van der Waals surface area (Å²) in [5, 5.41) is 14.3. The predicted octanol–water partition coefficient (Wildman–Crippen LogP) is 2.72. The molecule has 18 heavy (non-hydrogen) atoms. The molecule has 0 radical (unpaired) electrons. The number of rotatable bonds is 3. The summed E-state index contributed by atoms with van der Waals surface area (Å²) in [6, 6.07) is 3.05. The summed E-state index contributed by atoms with van der Waals surface area (Å²) in [4.78, 5) is 9.97. The smallest absolute Gasteiger partial charge is 0.358 e. The number of benzene rings is 1. The van der Waals surface area contributed by atoms with Gasteiger partial charge in [0, 0.05) is 5.56 Å². The van der Waals surface area contributed by atoms with Gasteiger partial charge in [0.2, 0.25) is 0 Å². The van der Waals surface area contributed by atoms with Crippen LogP contribution in [0.3, 0.4) is 0 Å². The van der Waals surface area contributed by atoms with Crippen LogP contribution in [0.5, 0.6) is 0 Å². The van der Waals surface area contributed by atoms with E-state index in [9.17, 15) is 18.9 Å². The highest BCUT2D eigenvalue weighted by atomic mass is 127. The largest absolute Gasteiger partial charge is 0.403 e. The van der Waals surface area contributed by atoms with Crippen LogP contribution in [0, 0.1) is 25.3 Å². The molecule has 0 aliphatic heterocycles. The summed E-state index contributed by atoms with van der Waals surface area (Å²) < 4.78 is 27.9. The number of aromatic nitrogens is 2. The Labute approximate surface area is 114 Å². The van der Waals surface area contributed by atoms with Crippen molar-refractivity contribution in [2.75, 3.05) is 0 Å². The molecule has 0 aliphatic rings. The molecule has 0 aliphatic carbocycles. The molecule has 0 unspecified atom stereocenters. The number of halogens is 3. The van der Waals surface area contributed by atoms with Gasteiger partial charge in [0.15, 0.2) is 0 Å². The molecular formula is C10H6F2IN3O2. The molecule has 2 aromatic rings. The van der Waals surface area contributed by atoms with Gasteiger partial charge in [-0.25, -0.2) is 8.78 Å². The number of hydrogen-bond acceptors (Lipinski definition) is 3. The van der Waals surface area contributed by atoms with Crippen molar-refractivity contribution < 1.29 is 13.7 Å². The van der Waals surface area contributed by atoms with Crippen molar-refractivity contribution in [1.82, 2.24) is 9.78 Å². The lowest BCUT2D eigenvalue weighted by Gasteiger charge is -2.00. The lowest BCUT2D eigenvalue weighted by atomic mass is 10.2. The van der Waals surface area contributed by atoms with Crippen LogP contribution in [-0.4, -0.2) is 14.7 Å². The zero-order chi connectivity index (χ0) is 13.3. The first-order chi connectivity index (χ1) is 8.47. The first-order valence-electron chi connectivity index (χ1n) is 4.78. The maximum Gasteiger partial charge on any atom is 0.403 e. The topological polar surface area (TPSA) is 61.0 Å². The van der Waals surface area contributed by atoms with Crippen LogP contribution in [0.4, 0.5) is 14.6 Å². The molecule has 0 saturated carbocycles. The van der Waals surface area contributed by atoms with E-state index < -0.39 is 16.6 Å². The van der Waals surface area contributed by atoms with E-state index in [1.807, 2.05) is 0 Å². The normalized spacial score (nSPS) is 10.6. The summed E-state index contributed by atoms with van der Waals surface area (Å²) in [5.74, 6) is -1.44. The molecule has 8 heteroatoms. The minimum absolute atomic E-state index is 0.0621. The van der Waals surface area contributed by atoms with Crippen molar-refractivity contribution in [2.24, 2.45) is 0 Å². The van der Waals surface area contributed by atoms with Gasteiger partial charge in [-0.15, -0.1) is 0 Å². The van der Waals surface area contributed by atoms with Crippen molar-refractivity contribution >= 4 is 28.4 Å². The van der Waals surface area contributed by atoms with Gasteiger partial charge in [-0.1, -0.05) is 0 Å². The van der Waals surface area contributed by atoms with Crippen LogP contribution in [0.2, 0.25) is 0 Å². The number of nitro groups is 1. The molecule has 1 aromatic carbocycles. The van der Waals surface area contributed by atoms with Gasteiger partial charge in [-0.3, -0.25) is 0 Å². The fourth-order valence-electron chi connectivity index (χ4n) is 1.43. The molecule has 0 amide bonds. The van der Waals surface area contributed by atoms with Crippen molar-refractivity contribution in [3.8, 4) is 0 Å². The van der Waals surface area contributed by atoms with E-state index in [-0.39, 0.29) is 17.9 Å². The van der Waals surface area contributed by atoms with Crippen molar-refractivity contribution in [3.05, 3.63) is 55.3 Å². The maximum absolute atomic E-state index is 13.4. The van der Waals surface area contributed by atoms with Gasteiger partial charge in [0.25, 0.3) is 0 Å². The standard InChI is InChI=1S/C10H6F2IN3O2/c11-7-1-2-8(12)6(3-7)4-15-5-9(13)10(14-15)16(17)18/h1-3,5H,4H2. The van der Waals surface area contributed by atoms with E-state index in [4.69, 9.17) is 0 Å². The van der Waals surface area contributed by atoms with Gasteiger partial charge in [-0.05, 0) is 45.7 Å². The highest BCUT2D eigenvalue weighted by molar-refractivity contribution is 14.1. The van der Waals surface area contributed by atoms with Crippen LogP contribution in [0.15, 0.2) is 24.4 Å². The highest BCUT2D eigenvalue weighted by Crippen LogP contribution is 2.19. The molecule has 2 rings (SSSR count). The van der Waals surface area contributed by atoms with E-state index in [2.05, 4.69) is 5.10 Å². The molecule has 1 aromatic heterocycles. The quantitative estimate of drug-likeness (QED) is 0.478. The average molecular weight is 365 g/mol. The third-order valence-corrected chi connectivity index (χ3v) is 2.97. The molecular weight excluding hydrogens is 359 g/mol. The third kappa shape index (κ3) is 2.63. The molecule has 0 N–H and O–H groups in total. The monoisotopic (exact) mass is 365 g/mol. The van der Waals surface area contributed by atoms with Gasteiger partial charge < -0.3 is 10.1 Å². The second kappa shape index (κ2) is 4.96. The fourth-order valence-corrected chi connectivity index (χ4v) is 2.06. The van der Waals surface area contributed by atoms with Crippen molar-refractivity contribution in [3.63, 3.8) is 0 Å². The summed E-state index contributed by atoms with van der Waals surface area (Å²) in [5.41, 5.74) is 0.0868. The van der Waals surface area contributed by atoms with E-state index in [0.717, 1.165) is 18.2 Å². The summed E-state index contributed by atoms with van der Waals surface area (Å²) in [6.07, 6.45) is 1.41. The number of hydrogen-bond donors (Lipinski definition) is 0. The van der Waals surface area contributed by atoms with Crippen molar-refractivity contribution in [1.29, 1.82) is 0 Å². The summed E-state index contributed by atoms with van der Waals surface area (Å²) >= 11 is 1.76. The summed E-state index contributed by atoms with van der Waals surface area (Å²) in [6.45, 7) is -0.0621. The minimum Gasteiger partial charge on any atom is -0.358 e. The maximum atomic E-state index is 13.4. The molecule has 0 saturated heterocycles. The van der Waals surface area contributed by atoms with Crippen LogP contribution in [-0.2, 0) is 6.54 Å². The molecule has 94 valence electrons. The van der Waals surface area contributed by atoms with Gasteiger partial charge in [0.05, 0.1) is 17.8 Å². The van der Waals surface area contributed by atoms with E-state index in [0.29, 0.717) is 3.57 Å². The Balaban J connectivity index is 2.31. The van der Waals surface area contributed by atoms with Crippen LogP contribution in [0.25, 0.3) is 0 Å². The Morgan fingerprint density at radius 3 is 2.78 bits per heavy atom. The lowest BCUT2D eigenvalue weighted by molar-refractivity contribution is -0.390. The van der Waals surface area contributed by atoms with Gasteiger partial charge in [0.1, 0.15) is 15.2 Å². The third-order valence-electron chi connectivity index (χ3n) is 2.21. The van der Waals surface area contributed by atoms with E-state index >= 15 is 0 Å². The van der Waals surface area contributed by atoms with Crippen LogP contribution in [0.1, 0.15) is 5.56 Å². The van der Waals surface area contributed by atoms with Gasteiger partial charge >= 0.3 is 5.82 Å². The second-order valence-corrected chi connectivity index (χ2v) is 4.65. The van der Waals surface area contributed by atoms with E-state index in [1.54, 1.807) is 22.6 Å². The Morgan fingerprint density at radius 2 is 2.17 bits per heavy atom. The molecule has 0 bridgehead atoms.